The zero-order valence-electron chi connectivity index (χ0n) is 9.72. The molecule has 7 heteroatoms. The maximum Gasteiger partial charge on any atom is 0.255 e. The number of ether oxygens (including phenoxy) is 2. The molecule has 19 heavy (non-hydrogen) atoms. The molecule has 0 spiro atoms. The highest BCUT2D eigenvalue weighted by atomic mass is 35.5. The lowest BCUT2D eigenvalue weighted by atomic mass is 10.1. The van der Waals surface area contributed by atoms with Gasteiger partial charge >= 0.3 is 0 Å². The molecule has 96 valence electrons. The van der Waals surface area contributed by atoms with Gasteiger partial charge in [0.05, 0.1) is 17.2 Å². The van der Waals surface area contributed by atoms with Crippen LogP contribution in [0.1, 0.15) is 10.4 Å². The number of nitrogens with zero attached hydrogens (tertiary/aromatic N) is 3. The molecule has 0 fully saturated rings. The highest BCUT2D eigenvalue weighted by Gasteiger charge is 2.23. The molecule has 0 aliphatic carbocycles. The number of amides is 1. The van der Waals surface area contributed by atoms with Crippen LogP contribution in [-0.4, -0.2) is 30.7 Å². The topological polar surface area (TPSA) is 86.4 Å². The highest BCUT2D eigenvalue weighted by Crippen LogP contribution is 2.39. The Morgan fingerprint density at radius 1 is 1.32 bits per heavy atom. The van der Waals surface area contributed by atoms with Gasteiger partial charge < -0.3 is 14.4 Å². The fraction of sp³-hybridized carbons (Fsp3) is 0.250. The molecule has 6 nitrogen and oxygen atoms in total. The maximum absolute atomic E-state index is 12.1. The van der Waals surface area contributed by atoms with Crippen molar-refractivity contribution < 1.29 is 14.3 Å². The van der Waals surface area contributed by atoms with Gasteiger partial charge in [0.2, 0.25) is 6.79 Å². The zero-order valence-corrected chi connectivity index (χ0v) is 10.5. The van der Waals surface area contributed by atoms with Gasteiger partial charge in [-0.15, -0.1) is 0 Å². The smallest absolute Gasteiger partial charge is 0.255 e. The molecule has 1 aliphatic rings. The first kappa shape index (κ1) is 13.0. The van der Waals surface area contributed by atoms with E-state index in [-0.39, 0.29) is 30.5 Å². The lowest BCUT2D eigenvalue weighted by molar-refractivity contribution is 0.0794. The monoisotopic (exact) mass is 277 g/mol. The summed E-state index contributed by atoms with van der Waals surface area (Å²) in [5.74, 6) is 0.318. The third-order valence-corrected chi connectivity index (χ3v) is 2.77. The average molecular weight is 278 g/mol. The number of carbonyl (C=O) groups excluding carboxylic acids is 1. The van der Waals surface area contributed by atoms with Crippen LogP contribution in [0.2, 0.25) is 5.02 Å². The molecule has 1 amide bonds. The Kier molecular flexibility index (Phi) is 3.74. The predicted molar refractivity (Wildman–Crippen MR) is 64.7 cm³/mol. The summed E-state index contributed by atoms with van der Waals surface area (Å²) < 4.78 is 10.3. The van der Waals surface area contributed by atoms with E-state index in [1.54, 1.807) is 0 Å². The van der Waals surface area contributed by atoms with Crippen molar-refractivity contribution >= 4 is 17.5 Å². The molecule has 0 N–H and O–H groups in total. The van der Waals surface area contributed by atoms with Crippen molar-refractivity contribution in [1.29, 1.82) is 10.5 Å². The van der Waals surface area contributed by atoms with Crippen LogP contribution in [0, 0.1) is 22.7 Å². The molecule has 1 heterocycles. The van der Waals surface area contributed by atoms with Crippen molar-refractivity contribution in [2.45, 2.75) is 0 Å². The van der Waals surface area contributed by atoms with Crippen LogP contribution >= 0.6 is 11.6 Å². The number of hydrogen-bond donors (Lipinski definition) is 0. The Hall–Kier alpha value is -2.44. The Bertz CT molecular complexity index is 587. The number of halogens is 1. The molecule has 1 aromatic carbocycles. The molecule has 0 bridgehead atoms. The van der Waals surface area contributed by atoms with Gasteiger partial charge in [-0.05, 0) is 12.1 Å². The van der Waals surface area contributed by atoms with E-state index in [1.807, 2.05) is 12.1 Å². The van der Waals surface area contributed by atoms with Gasteiger partial charge in [-0.2, -0.15) is 10.5 Å². The molecule has 0 saturated heterocycles. The van der Waals surface area contributed by atoms with Crippen LogP contribution in [0.15, 0.2) is 12.1 Å². The van der Waals surface area contributed by atoms with Crippen molar-refractivity contribution in [3.8, 4) is 23.6 Å². The Morgan fingerprint density at radius 2 is 2.00 bits per heavy atom. The first-order chi connectivity index (χ1) is 9.17. The number of fused-ring (bicyclic) bond motifs is 1. The van der Waals surface area contributed by atoms with E-state index in [4.69, 9.17) is 31.6 Å². The van der Waals surface area contributed by atoms with Gasteiger partial charge in [-0.25, -0.2) is 0 Å². The van der Waals surface area contributed by atoms with Gasteiger partial charge in [-0.1, -0.05) is 11.6 Å². The summed E-state index contributed by atoms with van der Waals surface area (Å²) in [5.41, 5.74) is 0.250. The normalized spacial score (nSPS) is 11.5. The van der Waals surface area contributed by atoms with Gasteiger partial charge in [-0.3, -0.25) is 4.79 Å². The maximum atomic E-state index is 12.1. The quantitative estimate of drug-likeness (QED) is 0.783. The lowest BCUT2D eigenvalue weighted by Gasteiger charge is -2.16. The Labute approximate surface area is 114 Å². The molecule has 0 atom stereocenters. The van der Waals surface area contributed by atoms with Gasteiger partial charge in [0.25, 0.3) is 5.91 Å². The van der Waals surface area contributed by atoms with E-state index in [0.29, 0.717) is 11.5 Å². The summed E-state index contributed by atoms with van der Waals surface area (Å²) >= 11 is 5.97. The number of rotatable bonds is 3. The third kappa shape index (κ3) is 2.54. The number of nitriles is 2. The summed E-state index contributed by atoms with van der Waals surface area (Å²) in [4.78, 5) is 13.3. The van der Waals surface area contributed by atoms with Crippen LogP contribution in [0.25, 0.3) is 0 Å². The van der Waals surface area contributed by atoms with Gasteiger partial charge in [0.1, 0.15) is 13.1 Å². The fourth-order valence-corrected chi connectivity index (χ4v) is 1.91. The summed E-state index contributed by atoms with van der Waals surface area (Å²) in [6, 6.07) is 6.58. The first-order valence-corrected chi connectivity index (χ1v) is 5.67. The van der Waals surface area contributed by atoms with Crippen LogP contribution in [-0.2, 0) is 0 Å². The molecule has 0 saturated carbocycles. The fourth-order valence-electron chi connectivity index (χ4n) is 1.64. The SMILES string of the molecule is N#CCN(CC#N)C(=O)c1cc(Cl)c2c(c1)OCO2. The summed E-state index contributed by atoms with van der Waals surface area (Å²) in [5, 5.41) is 17.5. The van der Waals surface area contributed by atoms with E-state index >= 15 is 0 Å². The average Bonchev–Trinajstić information content (AvgIpc) is 2.86. The van der Waals surface area contributed by atoms with Gasteiger partial charge in [0, 0.05) is 5.56 Å². The molecule has 1 aromatic rings. The predicted octanol–water partition coefficient (Wildman–Crippen LogP) is 1.56. The first-order valence-electron chi connectivity index (χ1n) is 5.29. The Morgan fingerprint density at radius 3 is 2.63 bits per heavy atom. The summed E-state index contributed by atoms with van der Waals surface area (Å²) in [6.07, 6.45) is 0. The second-order valence-electron chi connectivity index (χ2n) is 3.67. The minimum atomic E-state index is -0.455. The van der Waals surface area contributed by atoms with Crippen molar-refractivity contribution in [1.82, 2.24) is 4.90 Å². The molecule has 0 unspecified atom stereocenters. The number of hydrogen-bond acceptors (Lipinski definition) is 5. The molecule has 0 aromatic heterocycles. The standard InChI is InChI=1S/C12H8ClN3O3/c13-9-5-8(6-10-11(9)19-7-18-10)12(17)16(3-1-14)4-2-15/h5-6H,3-4,7H2. The van der Waals surface area contributed by atoms with Gasteiger partial charge in [0.15, 0.2) is 11.5 Å². The minimum Gasteiger partial charge on any atom is -0.454 e. The summed E-state index contributed by atoms with van der Waals surface area (Å²) in [7, 11) is 0. The zero-order chi connectivity index (χ0) is 13.8. The van der Waals surface area contributed by atoms with Crippen molar-refractivity contribution in [2.24, 2.45) is 0 Å². The van der Waals surface area contributed by atoms with Crippen molar-refractivity contribution in [2.75, 3.05) is 19.9 Å². The van der Waals surface area contributed by atoms with Crippen LogP contribution in [0.4, 0.5) is 0 Å². The lowest BCUT2D eigenvalue weighted by Crippen LogP contribution is -2.31. The van der Waals surface area contributed by atoms with E-state index in [9.17, 15) is 4.79 Å². The third-order valence-electron chi connectivity index (χ3n) is 2.48. The second-order valence-corrected chi connectivity index (χ2v) is 4.08. The number of benzene rings is 1. The summed E-state index contributed by atoms with van der Waals surface area (Å²) in [6.45, 7) is -0.288. The molecular weight excluding hydrogens is 270 g/mol. The van der Waals surface area contributed by atoms with Crippen LogP contribution in [0.5, 0.6) is 11.5 Å². The van der Waals surface area contributed by atoms with E-state index in [1.165, 1.54) is 12.1 Å². The van der Waals surface area contributed by atoms with Crippen LogP contribution in [0.3, 0.4) is 0 Å². The molecule has 0 radical (unpaired) electrons. The minimum absolute atomic E-state index is 0.0484. The highest BCUT2D eigenvalue weighted by molar-refractivity contribution is 6.32. The molecule has 2 rings (SSSR count). The van der Waals surface area contributed by atoms with E-state index in [2.05, 4.69) is 0 Å². The van der Waals surface area contributed by atoms with Crippen molar-refractivity contribution in [3.05, 3.63) is 22.7 Å². The second kappa shape index (κ2) is 5.47. The van der Waals surface area contributed by atoms with E-state index in [0.717, 1.165) is 4.90 Å². The number of carbonyl (C=O) groups is 1. The van der Waals surface area contributed by atoms with Crippen molar-refractivity contribution in [3.63, 3.8) is 0 Å². The molecular formula is C12H8ClN3O3. The van der Waals surface area contributed by atoms with E-state index < -0.39 is 5.91 Å². The largest absolute Gasteiger partial charge is 0.454 e. The molecule has 1 aliphatic heterocycles. The Balaban J connectivity index is 2.31. The van der Waals surface area contributed by atoms with Crippen LogP contribution < -0.4 is 9.47 Å².